The zero-order valence-corrected chi connectivity index (χ0v) is 20.4. The van der Waals surface area contributed by atoms with Crippen molar-refractivity contribution >= 4 is 11.7 Å². The van der Waals surface area contributed by atoms with Crippen LogP contribution in [0.15, 0.2) is 89.8 Å². The Morgan fingerprint density at radius 1 is 1.06 bits per heavy atom. The van der Waals surface area contributed by atoms with Crippen LogP contribution in [0.4, 0.5) is 0 Å². The van der Waals surface area contributed by atoms with E-state index in [2.05, 4.69) is 5.32 Å². The van der Waals surface area contributed by atoms with Crippen molar-refractivity contribution in [3.8, 4) is 0 Å². The Morgan fingerprint density at radius 2 is 1.80 bits per heavy atom. The summed E-state index contributed by atoms with van der Waals surface area (Å²) in [5.74, 6) is -0.790. The second-order valence-corrected chi connectivity index (χ2v) is 9.03. The number of hydrogen-bond acceptors (Lipinski definition) is 5. The van der Waals surface area contributed by atoms with Gasteiger partial charge in [0.2, 0.25) is 5.91 Å². The molecule has 186 valence electrons. The van der Waals surface area contributed by atoms with Crippen LogP contribution in [0.5, 0.6) is 0 Å². The molecule has 1 aliphatic heterocycles. The monoisotopic (exact) mass is 477 g/mol. The third kappa shape index (κ3) is 7.64. The molecular weight excluding hydrogens is 442 g/mol. The van der Waals surface area contributed by atoms with Crippen molar-refractivity contribution in [2.24, 2.45) is 5.92 Å². The molecule has 2 aliphatic rings. The van der Waals surface area contributed by atoms with Gasteiger partial charge in [-0.15, -0.1) is 0 Å². The van der Waals surface area contributed by atoms with Crippen molar-refractivity contribution in [3.05, 3.63) is 95.3 Å². The molecule has 0 aromatic heterocycles. The molecule has 1 fully saturated rings. The van der Waals surface area contributed by atoms with E-state index >= 15 is 0 Å². The second kappa shape index (κ2) is 13.0. The number of rotatable bonds is 2. The summed E-state index contributed by atoms with van der Waals surface area (Å²) in [7, 11) is 1.49. The molecule has 1 aromatic rings. The maximum atomic E-state index is 12.8. The smallest absolute Gasteiger partial charge is 0.244 e. The number of Topliss-reactive ketones (excluding diaryl/α,β-unsaturated/α-hetero) is 1. The van der Waals surface area contributed by atoms with Crippen LogP contribution in [0.2, 0.25) is 0 Å². The number of ether oxygens (including phenoxy) is 1. The number of carbonyl (C=O) groups is 2. The lowest BCUT2D eigenvalue weighted by molar-refractivity contribution is -0.123. The van der Waals surface area contributed by atoms with E-state index in [-0.39, 0.29) is 35.8 Å². The Hall–Kier alpha value is -3.22. The van der Waals surface area contributed by atoms with Crippen LogP contribution in [0, 0.1) is 5.92 Å². The van der Waals surface area contributed by atoms with Gasteiger partial charge in [-0.25, -0.2) is 0 Å². The lowest BCUT2D eigenvalue weighted by Crippen LogP contribution is -2.26. The lowest BCUT2D eigenvalue weighted by atomic mass is 9.95. The minimum atomic E-state index is -0.775. The molecule has 1 saturated carbocycles. The molecule has 3 N–H and O–H groups in total. The number of nitrogens with one attached hydrogen (secondary N) is 1. The number of methoxy groups -OCH3 is 1. The first-order chi connectivity index (χ1) is 16.9. The summed E-state index contributed by atoms with van der Waals surface area (Å²) in [5, 5.41) is 24.3. The number of fused-ring (bicyclic) bond motifs is 1. The van der Waals surface area contributed by atoms with Crippen molar-refractivity contribution in [1.29, 1.82) is 0 Å². The van der Waals surface area contributed by atoms with Gasteiger partial charge in [-0.3, -0.25) is 9.59 Å². The second-order valence-electron chi connectivity index (χ2n) is 9.03. The zero-order valence-electron chi connectivity index (χ0n) is 20.4. The minimum absolute atomic E-state index is 0.0238. The van der Waals surface area contributed by atoms with E-state index in [0.29, 0.717) is 31.3 Å². The predicted molar refractivity (Wildman–Crippen MR) is 137 cm³/mol. The quantitative estimate of drug-likeness (QED) is 0.532. The van der Waals surface area contributed by atoms with Gasteiger partial charge < -0.3 is 20.3 Å². The van der Waals surface area contributed by atoms with Gasteiger partial charge in [0, 0.05) is 31.1 Å². The van der Waals surface area contributed by atoms with Crippen LogP contribution >= 0.6 is 0 Å². The van der Waals surface area contributed by atoms with Gasteiger partial charge in [-0.2, -0.15) is 0 Å². The Balaban J connectivity index is 1.86. The number of benzene rings is 1. The summed E-state index contributed by atoms with van der Waals surface area (Å²) in [6.45, 7) is 1.90. The topological polar surface area (TPSA) is 95.9 Å². The molecule has 6 nitrogen and oxygen atoms in total. The molecule has 0 spiro atoms. The first-order valence-electron chi connectivity index (χ1n) is 12.1. The standard InChI is InChI=1S/C29H35NO5/c1-20-11-9-10-16-27(33)30-24(21-12-5-3-6-13-21)15-8-4-7-14-23(31)19-25(32)28-22(17-20)18-26(35-2)29(28)34/h3-6,8-13,16-17,22-24,26,31-32H,7,14-15,18-19H2,1-2H3,(H,30,33)/b8-4+,11-9+,16-10-,20-17+,28-25+. The average Bonchev–Trinajstić information content (AvgIpc) is 3.15. The summed E-state index contributed by atoms with van der Waals surface area (Å²) in [5.41, 5.74) is 2.22. The number of carbonyl (C=O) groups excluding carboxylic acids is 2. The molecule has 1 aliphatic carbocycles. The van der Waals surface area contributed by atoms with Gasteiger partial charge in [0.1, 0.15) is 11.9 Å². The molecule has 4 unspecified atom stereocenters. The molecule has 1 amide bonds. The third-order valence-electron chi connectivity index (χ3n) is 6.33. The molecule has 4 atom stereocenters. The highest BCUT2D eigenvalue weighted by Gasteiger charge is 2.39. The van der Waals surface area contributed by atoms with Gasteiger partial charge in [-0.1, -0.05) is 72.4 Å². The number of aliphatic hydroxyl groups is 2. The largest absolute Gasteiger partial charge is 0.512 e. The summed E-state index contributed by atoms with van der Waals surface area (Å²) in [6.07, 6.45) is 13.4. The zero-order chi connectivity index (χ0) is 25.2. The van der Waals surface area contributed by atoms with E-state index in [4.69, 9.17) is 4.74 Å². The van der Waals surface area contributed by atoms with Crippen LogP contribution in [0.1, 0.15) is 50.6 Å². The van der Waals surface area contributed by atoms with E-state index in [1.807, 2.05) is 61.6 Å². The Labute approximate surface area is 207 Å². The molecule has 6 heteroatoms. The molecule has 1 aromatic carbocycles. The van der Waals surface area contributed by atoms with Crippen molar-refractivity contribution in [2.75, 3.05) is 7.11 Å². The fourth-order valence-corrected chi connectivity index (χ4v) is 4.50. The SMILES string of the molecule is COC1CC2/C=C(C)/C=C/C=C\C(=O)NC(c3ccccc3)C/C=C/CCC(O)C/C(O)=C/2C1=O. The Bertz CT molecular complexity index is 1030. The van der Waals surface area contributed by atoms with Crippen molar-refractivity contribution in [1.82, 2.24) is 5.32 Å². The van der Waals surface area contributed by atoms with Gasteiger partial charge in [0.25, 0.3) is 0 Å². The third-order valence-corrected chi connectivity index (χ3v) is 6.33. The molecule has 0 radical (unpaired) electrons. The highest BCUT2D eigenvalue weighted by atomic mass is 16.5. The fourth-order valence-electron chi connectivity index (χ4n) is 4.50. The molecule has 3 rings (SSSR count). The van der Waals surface area contributed by atoms with E-state index in [0.717, 1.165) is 11.1 Å². The maximum Gasteiger partial charge on any atom is 0.244 e. The number of ketones is 1. The number of amides is 1. The highest BCUT2D eigenvalue weighted by Crippen LogP contribution is 2.35. The Morgan fingerprint density at radius 3 is 2.54 bits per heavy atom. The van der Waals surface area contributed by atoms with Gasteiger partial charge in [0.15, 0.2) is 5.78 Å². The predicted octanol–water partition coefficient (Wildman–Crippen LogP) is 4.81. The molecule has 0 bridgehead atoms. The van der Waals surface area contributed by atoms with Crippen molar-refractivity contribution in [2.45, 2.75) is 57.3 Å². The fraction of sp³-hybridized carbons (Fsp3) is 0.379. The summed E-state index contributed by atoms with van der Waals surface area (Å²) < 4.78 is 5.31. The van der Waals surface area contributed by atoms with Gasteiger partial charge in [-0.05, 0) is 38.2 Å². The average molecular weight is 478 g/mol. The van der Waals surface area contributed by atoms with Crippen LogP contribution in [0.25, 0.3) is 0 Å². The first-order valence-corrected chi connectivity index (χ1v) is 12.1. The summed E-state index contributed by atoms with van der Waals surface area (Å²) in [6, 6.07) is 9.63. The number of allylic oxidation sites excluding steroid dienone is 6. The van der Waals surface area contributed by atoms with Gasteiger partial charge >= 0.3 is 0 Å². The van der Waals surface area contributed by atoms with E-state index in [1.165, 1.54) is 13.2 Å². The normalized spacial score (nSPS) is 33.3. The number of aliphatic hydroxyl groups excluding tert-OH is 2. The lowest BCUT2D eigenvalue weighted by Gasteiger charge is -2.17. The van der Waals surface area contributed by atoms with Crippen LogP contribution in [0.3, 0.4) is 0 Å². The highest BCUT2D eigenvalue weighted by molar-refractivity contribution is 6.02. The molecule has 1 heterocycles. The molecule has 35 heavy (non-hydrogen) atoms. The van der Waals surface area contributed by atoms with Crippen LogP contribution in [-0.2, 0) is 14.3 Å². The van der Waals surface area contributed by atoms with Crippen LogP contribution in [-0.4, -0.2) is 41.2 Å². The van der Waals surface area contributed by atoms with Crippen LogP contribution < -0.4 is 5.32 Å². The maximum absolute atomic E-state index is 12.8. The van der Waals surface area contributed by atoms with Gasteiger partial charge in [0.05, 0.1) is 12.1 Å². The number of hydrogen-bond donors (Lipinski definition) is 3. The summed E-state index contributed by atoms with van der Waals surface area (Å²) in [4.78, 5) is 25.3. The van der Waals surface area contributed by atoms with Crippen molar-refractivity contribution < 1.29 is 24.5 Å². The molecule has 0 saturated heterocycles. The Kier molecular flexibility index (Phi) is 9.82. The van der Waals surface area contributed by atoms with Crippen molar-refractivity contribution in [3.63, 3.8) is 0 Å². The minimum Gasteiger partial charge on any atom is -0.512 e. The van der Waals surface area contributed by atoms with E-state index in [1.54, 1.807) is 12.2 Å². The molecular formula is C29H35NO5. The summed E-state index contributed by atoms with van der Waals surface area (Å²) >= 11 is 0. The van der Waals surface area contributed by atoms with E-state index < -0.39 is 12.2 Å². The van der Waals surface area contributed by atoms with E-state index in [9.17, 15) is 19.8 Å². The first kappa shape index (κ1) is 26.4.